The summed E-state index contributed by atoms with van der Waals surface area (Å²) in [5, 5.41) is 9.86. The standard InChI is InChI=1S/C14H27NO4/c1-13(2,3)18-11-7-10(16)8-15(9-11)12(17)19-14(4,5)6/h10-11,16H,7-9H2,1-6H3/t10-,11-/m0/s1. The van der Waals surface area contributed by atoms with Gasteiger partial charge < -0.3 is 19.5 Å². The number of hydrogen-bond acceptors (Lipinski definition) is 4. The molecule has 0 spiro atoms. The number of aliphatic hydroxyl groups excluding tert-OH is 1. The van der Waals surface area contributed by atoms with E-state index in [1.165, 1.54) is 4.90 Å². The molecule has 1 saturated heterocycles. The van der Waals surface area contributed by atoms with Crippen LogP contribution in [0, 0.1) is 0 Å². The molecular formula is C14H27NO4. The van der Waals surface area contributed by atoms with E-state index in [4.69, 9.17) is 9.47 Å². The van der Waals surface area contributed by atoms with E-state index in [0.29, 0.717) is 19.5 Å². The number of amides is 1. The molecule has 112 valence electrons. The van der Waals surface area contributed by atoms with Gasteiger partial charge in [0.2, 0.25) is 0 Å². The molecule has 5 heteroatoms. The first-order valence-corrected chi connectivity index (χ1v) is 6.80. The molecule has 19 heavy (non-hydrogen) atoms. The maximum absolute atomic E-state index is 12.0. The first kappa shape index (κ1) is 16.2. The fourth-order valence-corrected chi connectivity index (χ4v) is 2.09. The van der Waals surface area contributed by atoms with Crippen LogP contribution in [0.25, 0.3) is 0 Å². The predicted molar refractivity (Wildman–Crippen MR) is 73.1 cm³/mol. The van der Waals surface area contributed by atoms with Crippen LogP contribution in [0.2, 0.25) is 0 Å². The second-order valence-electron chi connectivity index (χ2n) is 7.13. The van der Waals surface area contributed by atoms with Crippen LogP contribution in [-0.2, 0) is 9.47 Å². The fourth-order valence-electron chi connectivity index (χ4n) is 2.09. The minimum atomic E-state index is -0.561. The zero-order chi connectivity index (χ0) is 14.8. The lowest BCUT2D eigenvalue weighted by Crippen LogP contribution is -2.51. The molecule has 1 N–H and O–H groups in total. The molecule has 0 aromatic rings. The van der Waals surface area contributed by atoms with Crippen molar-refractivity contribution in [3.63, 3.8) is 0 Å². The van der Waals surface area contributed by atoms with Gasteiger partial charge in [-0.1, -0.05) is 0 Å². The molecule has 0 aliphatic carbocycles. The molecule has 0 saturated carbocycles. The van der Waals surface area contributed by atoms with Crippen LogP contribution < -0.4 is 0 Å². The van der Waals surface area contributed by atoms with Gasteiger partial charge in [-0.3, -0.25) is 0 Å². The maximum Gasteiger partial charge on any atom is 0.410 e. The van der Waals surface area contributed by atoms with Crippen LogP contribution in [-0.4, -0.2) is 52.6 Å². The van der Waals surface area contributed by atoms with Crippen molar-refractivity contribution in [2.24, 2.45) is 0 Å². The minimum Gasteiger partial charge on any atom is -0.444 e. The minimum absolute atomic E-state index is 0.156. The molecule has 5 nitrogen and oxygen atoms in total. The topological polar surface area (TPSA) is 59.0 Å². The Hall–Kier alpha value is -0.810. The van der Waals surface area contributed by atoms with Crippen LogP contribution in [0.3, 0.4) is 0 Å². The van der Waals surface area contributed by atoms with Crippen molar-refractivity contribution in [3.8, 4) is 0 Å². The largest absolute Gasteiger partial charge is 0.444 e. The number of ether oxygens (including phenoxy) is 2. The Labute approximate surface area is 115 Å². The molecule has 2 atom stereocenters. The van der Waals surface area contributed by atoms with Gasteiger partial charge in [-0.05, 0) is 41.5 Å². The van der Waals surface area contributed by atoms with Gasteiger partial charge in [0.05, 0.1) is 30.9 Å². The molecule has 1 rings (SSSR count). The predicted octanol–water partition coefficient (Wildman–Crippen LogP) is 2.17. The molecule has 0 radical (unpaired) electrons. The average Bonchev–Trinajstić information content (AvgIpc) is 2.10. The quantitative estimate of drug-likeness (QED) is 0.795. The van der Waals surface area contributed by atoms with Crippen LogP contribution in [0.4, 0.5) is 4.79 Å². The number of nitrogens with zero attached hydrogens (tertiary/aromatic N) is 1. The number of likely N-dealkylation sites (tertiary alicyclic amines) is 1. The second-order valence-corrected chi connectivity index (χ2v) is 7.13. The van der Waals surface area contributed by atoms with Crippen LogP contribution in [0.5, 0.6) is 0 Å². The van der Waals surface area contributed by atoms with Crippen molar-refractivity contribution in [3.05, 3.63) is 0 Å². The third-order valence-corrected chi connectivity index (χ3v) is 2.56. The van der Waals surface area contributed by atoms with Gasteiger partial charge in [-0.15, -0.1) is 0 Å². The summed E-state index contributed by atoms with van der Waals surface area (Å²) in [6.07, 6.45) is -0.560. The van der Waals surface area contributed by atoms with Crippen LogP contribution in [0.15, 0.2) is 0 Å². The Balaban J connectivity index is 2.62. The second kappa shape index (κ2) is 5.67. The lowest BCUT2D eigenvalue weighted by Gasteiger charge is -2.38. The molecular weight excluding hydrogens is 246 g/mol. The highest BCUT2D eigenvalue weighted by atomic mass is 16.6. The van der Waals surface area contributed by atoms with E-state index in [1.54, 1.807) is 0 Å². The van der Waals surface area contributed by atoms with Gasteiger partial charge in [0.1, 0.15) is 5.60 Å². The van der Waals surface area contributed by atoms with Crippen molar-refractivity contribution >= 4 is 6.09 Å². The van der Waals surface area contributed by atoms with E-state index in [-0.39, 0.29) is 11.7 Å². The number of piperidine rings is 1. The number of β-amino-alcohol motifs (C(OH)–C–C–N with tert-alkyl or cyclic N) is 1. The van der Waals surface area contributed by atoms with E-state index in [9.17, 15) is 9.90 Å². The Morgan fingerprint density at radius 3 is 2.16 bits per heavy atom. The summed E-state index contributed by atoms with van der Waals surface area (Å²) in [7, 11) is 0. The molecule has 1 aliphatic heterocycles. The number of rotatable bonds is 1. The molecule has 1 fully saturated rings. The first-order chi connectivity index (χ1) is 8.46. The number of aliphatic hydroxyl groups is 1. The Bertz CT molecular complexity index is 316. The first-order valence-electron chi connectivity index (χ1n) is 6.80. The monoisotopic (exact) mass is 273 g/mol. The highest BCUT2D eigenvalue weighted by Crippen LogP contribution is 2.21. The van der Waals surface area contributed by atoms with E-state index in [2.05, 4.69) is 0 Å². The van der Waals surface area contributed by atoms with Gasteiger partial charge in [0.25, 0.3) is 0 Å². The molecule has 1 aliphatic rings. The van der Waals surface area contributed by atoms with Gasteiger partial charge in [-0.25, -0.2) is 4.79 Å². The number of carbonyl (C=O) groups excluding carboxylic acids is 1. The lowest BCUT2D eigenvalue weighted by molar-refractivity contribution is -0.109. The third-order valence-electron chi connectivity index (χ3n) is 2.56. The van der Waals surface area contributed by atoms with Gasteiger partial charge in [0.15, 0.2) is 0 Å². The summed E-state index contributed by atoms with van der Waals surface area (Å²) < 4.78 is 11.2. The van der Waals surface area contributed by atoms with Crippen molar-refractivity contribution in [1.82, 2.24) is 4.90 Å². The molecule has 0 aromatic carbocycles. The van der Waals surface area contributed by atoms with E-state index < -0.39 is 17.8 Å². The lowest BCUT2D eigenvalue weighted by atomic mass is 10.0. The Kier molecular flexibility index (Phi) is 4.85. The summed E-state index contributed by atoms with van der Waals surface area (Å²) in [4.78, 5) is 13.5. The summed E-state index contributed by atoms with van der Waals surface area (Å²) in [5.41, 5.74) is -0.818. The molecule has 0 bridgehead atoms. The van der Waals surface area contributed by atoms with Gasteiger partial charge in [0, 0.05) is 6.42 Å². The summed E-state index contributed by atoms with van der Waals surface area (Å²) in [5.74, 6) is 0. The van der Waals surface area contributed by atoms with Crippen LogP contribution in [0.1, 0.15) is 48.0 Å². The van der Waals surface area contributed by atoms with Crippen molar-refractivity contribution in [2.75, 3.05) is 13.1 Å². The summed E-state index contributed by atoms with van der Waals surface area (Å²) >= 11 is 0. The summed E-state index contributed by atoms with van der Waals surface area (Å²) in [6.45, 7) is 12.1. The smallest absolute Gasteiger partial charge is 0.410 e. The molecule has 1 heterocycles. The molecule has 0 unspecified atom stereocenters. The Morgan fingerprint density at radius 1 is 1.11 bits per heavy atom. The third kappa shape index (κ3) is 6.25. The zero-order valence-electron chi connectivity index (χ0n) is 12.9. The zero-order valence-corrected chi connectivity index (χ0v) is 12.9. The van der Waals surface area contributed by atoms with E-state index in [0.717, 1.165) is 0 Å². The van der Waals surface area contributed by atoms with Gasteiger partial charge >= 0.3 is 6.09 Å². The fraction of sp³-hybridized carbons (Fsp3) is 0.929. The number of hydrogen-bond donors (Lipinski definition) is 1. The summed E-state index contributed by atoms with van der Waals surface area (Å²) in [6, 6.07) is 0. The van der Waals surface area contributed by atoms with Crippen LogP contribution >= 0.6 is 0 Å². The maximum atomic E-state index is 12.0. The van der Waals surface area contributed by atoms with Crippen molar-refractivity contribution in [2.45, 2.75) is 71.4 Å². The van der Waals surface area contributed by atoms with E-state index >= 15 is 0 Å². The Morgan fingerprint density at radius 2 is 1.68 bits per heavy atom. The number of carbonyl (C=O) groups is 1. The molecule has 0 aromatic heterocycles. The van der Waals surface area contributed by atoms with Gasteiger partial charge in [-0.2, -0.15) is 0 Å². The van der Waals surface area contributed by atoms with Crippen molar-refractivity contribution in [1.29, 1.82) is 0 Å². The average molecular weight is 273 g/mol. The SMILES string of the molecule is CC(C)(C)OC(=O)N1C[C@@H](O)C[C@H](OC(C)(C)C)C1. The normalized spacial score (nSPS) is 25.3. The highest BCUT2D eigenvalue weighted by Gasteiger charge is 2.33. The molecule has 1 amide bonds. The van der Waals surface area contributed by atoms with E-state index in [1.807, 2.05) is 41.5 Å². The van der Waals surface area contributed by atoms with Crippen molar-refractivity contribution < 1.29 is 19.4 Å². The highest BCUT2D eigenvalue weighted by molar-refractivity contribution is 5.68.